The summed E-state index contributed by atoms with van der Waals surface area (Å²) in [6.07, 6.45) is 6.70. The second-order valence-corrected chi connectivity index (χ2v) is 6.38. The summed E-state index contributed by atoms with van der Waals surface area (Å²) in [5, 5.41) is 19.9. The zero-order valence-corrected chi connectivity index (χ0v) is 13.9. The van der Waals surface area contributed by atoms with Crippen LogP contribution in [0.15, 0.2) is 30.6 Å². The molecule has 3 N–H and O–H groups in total. The number of aliphatic hydroxyl groups is 1. The van der Waals surface area contributed by atoms with Crippen LogP contribution in [0, 0.1) is 5.92 Å². The standard InChI is InChI=1S/C16H20ClN5O2/c17-13-5-2-7-18-15(13)22-8-6-14(21-22)20-16(24)19-10-11-3-1-4-12(23)9-11/h2,5-8,11-12,23H,1,3-4,9-10H2,(H2,19,20,21,24). The Balaban J connectivity index is 1.53. The van der Waals surface area contributed by atoms with E-state index in [2.05, 4.69) is 20.7 Å². The van der Waals surface area contributed by atoms with Crippen molar-refractivity contribution in [3.8, 4) is 5.82 Å². The van der Waals surface area contributed by atoms with Crippen LogP contribution in [-0.4, -0.2) is 38.6 Å². The molecular formula is C16H20ClN5O2. The summed E-state index contributed by atoms with van der Waals surface area (Å²) >= 11 is 6.08. The Hall–Kier alpha value is -2.12. The van der Waals surface area contributed by atoms with Crippen molar-refractivity contribution in [1.82, 2.24) is 20.1 Å². The minimum Gasteiger partial charge on any atom is -0.393 e. The van der Waals surface area contributed by atoms with Gasteiger partial charge in [-0.1, -0.05) is 18.0 Å². The lowest BCUT2D eigenvalue weighted by Crippen LogP contribution is -2.35. The van der Waals surface area contributed by atoms with Gasteiger partial charge in [-0.05, 0) is 37.3 Å². The molecule has 2 aromatic heterocycles. The van der Waals surface area contributed by atoms with Gasteiger partial charge in [0.1, 0.15) is 0 Å². The van der Waals surface area contributed by atoms with E-state index in [9.17, 15) is 9.90 Å². The lowest BCUT2D eigenvalue weighted by molar-refractivity contribution is 0.101. The number of pyridine rings is 1. The molecule has 1 saturated carbocycles. The molecule has 0 radical (unpaired) electrons. The third-order valence-electron chi connectivity index (χ3n) is 4.09. The Bertz CT molecular complexity index is 705. The Morgan fingerprint density at radius 2 is 2.29 bits per heavy atom. The number of rotatable bonds is 4. The van der Waals surface area contributed by atoms with E-state index in [1.165, 1.54) is 4.68 Å². The zero-order chi connectivity index (χ0) is 16.9. The Morgan fingerprint density at radius 3 is 3.08 bits per heavy atom. The molecule has 2 atom stereocenters. The summed E-state index contributed by atoms with van der Waals surface area (Å²) < 4.78 is 1.51. The fraction of sp³-hybridized carbons (Fsp3) is 0.438. The van der Waals surface area contributed by atoms with Crippen LogP contribution in [-0.2, 0) is 0 Å². The summed E-state index contributed by atoms with van der Waals surface area (Å²) in [7, 11) is 0. The Labute approximate surface area is 145 Å². The lowest BCUT2D eigenvalue weighted by Gasteiger charge is -2.25. The molecule has 2 unspecified atom stereocenters. The molecule has 0 bridgehead atoms. The van der Waals surface area contributed by atoms with E-state index in [1.807, 2.05) is 0 Å². The summed E-state index contributed by atoms with van der Waals surface area (Å²) in [5.41, 5.74) is 0. The van der Waals surface area contributed by atoms with Crippen LogP contribution >= 0.6 is 11.6 Å². The SMILES string of the molecule is O=C(NCC1CCCC(O)C1)Nc1ccn(-c2ncccc2Cl)n1. The average Bonchev–Trinajstić information content (AvgIpc) is 3.02. The molecule has 24 heavy (non-hydrogen) atoms. The smallest absolute Gasteiger partial charge is 0.320 e. The first-order valence-corrected chi connectivity index (χ1v) is 8.39. The van der Waals surface area contributed by atoms with Gasteiger partial charge in [-0.15, -0.1) is 5.10 Å². The van der Waals surface area contributed by atoms with Gasteiger partial charge in [0.25, 0.3) is 0 Å². The normalized spacial score (nSPS) is 20.6. The van der Waals surface area contributed by atoms with Crippen molar-refractivity contribution in [2.75, 3.05) is 11.9 Å². The number of halogens is 1. The topological polar surface area (TPSA) is 92.1 Å². The van der Waals surface area contributed by atoms with E-state index < -0.39 is 0 Å². The van der Waals surface area contributed by atoms with Gasteiger partial charge in [-0.2, -0.15) is 0 Å². The fourth-order valence-corrected chi connectivity index (χ4v) is 3.11. The summed E-state index contributed by atoms with van der Waals surface area (Å²) in [5.74, 6) is 1.24. The number of hydrogen-bond acceptors (Lipinski definition) is 4. The predicted molar refractivity (Wildman–Crippen MR) is 91.4 cm³/mol. The first-order valence-electron chi connectivity index (χ1n) is 8.01. The largest absolute Gasteiger partial charge is 0.393 e. The van der Waals surface area contributed by atoms with Crippen LogP contribution < -0.4 is 10.6 Å². The van der Waals surface area contributed by atoms with Gasteiger partial charge in [0.2, 0.25) is 0 Å². The van der Waals surface area contributed by atoms with E-state index in [0.717, 1.165) is 25.7 Å². The number of nitrogens with zero attached hydrogens (tertiary/aromatic N) is 3. The molecule has 128 valence electrons. The van der Waals surface area contributed by atoms with Crippen molar-refractivity contribution in [3.05, 3.63) is 35.6 Å². The molecule has 1 aliphatic carbocycles. The number of nitrogens with one attached hydrogen (secondary N) is 2. The van der Waals surface area contributed by atoms with Gasteiger partial charge in [0, 0.05) is 25.0 Å². The molecule has 8 heteroatoms. The monoisotopic (exact) mass is 349 g/mol. The van der Waals surface area contributed by atoms with E-state index >= 15 is 0 Å². The van der Waals surface area contributed by atoms with Crippen LogP contribution in [0.3, 0.4) is 0 Å². The number of anilines is 1. The maximum atomic E-state index is 12.0. The van der Waals surface area contributed by atoms with Crippen molar-refractivity contribution in [3.63, 3.8) is 0 Å². The van der Waals surface area contributed by atoms with Crippen molar-refractivity contribution >= 4 is 23.4 Å². The van der Waals surface area contributed by atoms with E-state index in [4.69, 9.17) is 11.6 Å². The number of aliphatic hydroxyl groups excluding tert-OH is 1. The highest BCUT2D eigenvalue weighted by Gasteiger charge is 2.20. The Morgan fingerprint density at radius 1 is 1.42 bits per heavy atom. The minimum absolute atomic E-state index is 0.243. The van der Waals surface area contributed by atoms with E-state index in [1.54, 1.807) is 30.6 Å². The molecule has 7 nitrogen and oxygen atoms in total. The number of amides is 2. The zero-order valence-electron chi connectivity index (χ0n) is 13.2. The molecule has 0 saturated heterocycles. The number of carbonyl (C=O) groups excluding carboxylic acids is 1. The lowest BCUT2D eigenvalue weighted by atomic mass is 9.87. The third-order valence-corrected chi connectivity index (χ3v) is 4.39. The average molecular weight is 350 g/mol. The maximum absolute atomic E-state index is 12.0. The quantitative estimate of drug-likeness (QED) is 0.791. The van der Waals surface area contributed by atoms with Gasteiger partial charge in [-0.25, -0.2) is 14.5 Å². The van der Waals surface area contributed by atoms with Gasteiger partial charge in [0.05, 0.1) is 11.1 Å². The first kappa shape index (κ1) is 16.7. The van der Waals surface area contributed by atoms with Crippen LogP contribution in [0.25, 0.3) is 5.82 Å². The predicted octanol–water partition coefficient (Wildman–Crippen LogP) is 2.59. The fourth-order valence-electron chi connectivity index (χ4n) is 2.90. The number of carbonyl (C=O) groups is 1. The highest BCUT2D eigenvalue weighted by Crippen LogP contribution is 2.23. The molecule has 0 spiro atoms. The molecule has 0 aromatic carbocycles. The van der Waals surface area contributed by atoms with Crippen LogP contribution in [0.5, 0.6) is 0 Å². The molecule has 2 aromatic rings. The number of aromatic nitrogens is 3. The number of hydrogen-bond donors (Lipinski definition) is 3. The summed E-state index contributed by atoms with van der Waals surface area (Å²) in [4.78, 5) is 16.1. The number of urea groups is 1. The van der Waals surface area contributed by atoms with Crippen molar-refractivity contribution in [2.24, 2.45) is 5.92 Å². The molecule has 0 aliphatic heterocycles. The molecule has 2 heterocycles. The highest BCUT2D eigenvalue weighted by molar-refractivity contribution is 6.32. The van der Waals surface area contributed by atoms with Crippen molar-refractivity contribution in [1.29, 1.82) is 0 Å². The minimum atomic E-state index is -0.313. The van der Waals surface area contributed by atoms with Gasteiger partial charge >= 0.3 is 6.03 Å². The third kappa shape index (κ3) is 4.24. The first-order chi connectivity index (χ1) is 11.6. The van der Waals surface area contributed by atoms with Crippen LogP contribution in [0.1, 0.15) is 25.7 Å². The molecule has 1 fully saturated rings. The summed E-state index contributed by atoms with van der Waals surface area (Å²) in [6.45, 7) is 0.551. The second kappa shape index (κ2) is 7.63. The van der Waals surface area contributed by atoms with Crippen molar-refractivity contribution < 1.29 is 9.90 Å². The molecule has 1 aliphatic rings. The van der Waals surface area contributed by atoms with Gasteiger partial charge < -0.3 is 10.4 Å². The highest BCUT2D eigenvalue weighted by atomic mass is 35.5. The molecule has 2 amide bonds. The van der Waals surface area contributed by atoms with Crippen LogP contribution in [0.2, 0.25) is 5.02 Å². The molecular weight excluding hydrogens is 330 g/mol. The van der Waals surface area contributed by atoms with Crippen LogP contribution in [0.4, 0.5) is 10.6 Å². The Kier molecular flexibility index (Phi) is 5.32. The maximum Gasteiger partial charge on any atom is 0.320 e. The summed E-state index contributed by atoms with van der Waals surface area (Å²) in [6, 6.07) is 4.83. The molecule has 3 rings (SSSR count). The van der Waals surface area contributed by atoms with E-state index in [-0.39, 0.29) is 12.1 Å². The second-order valence-electron chi connectivity index (χ2n) is 5.98. The van der Waals surface area contributed by atoms with Crippen molar-refractivity contribution in [2.45, 2.75) is 31.8 Å². The van der Waals surface area contributed by atoms with Gasteiger partial charge in [-0.3, -0.25) is 5.32 Å². The van der Waals surface area contributed by atoms with E-state index in [0.29, 0.717) is 29.1 Å². The van der Waals surface area contributed by atoms with Gasteiger partial charge in [0.15, 0.2) is 11.6 Å².